The summed E-state index contributed by atoms with van der Waals surface area (Å²) in [4.78, 5) is 42.7. The number of likely N-dealkylation sites (tertiary alicyclic amines) is 1. The number of anilines is 2. The van der Waals surface area contributed by atoms with Gasteiger partial charge in [0.2, 0.25) is 17.7 Å². The molecule has 1 saturated heterocycles. The second kappa shape index (κ2) is 11.1. The molecule has 10 heteroatoms. The Morgan fingerprint density at radius 3 is 2.34 bits per heavy atom. The van der Waals surface area contributed by atoms with Gasteiger partial charge in [0.05, 0.1) is 6.20 Å². The van der Waals surface area contributed by atoms with Crippen LogP contribution < -0.4 is 4.90 Å². The average Bonchev–Trinajstić information content (AvgIpc) is 3.74. The first kappa shape index (κ1) is 28.7. The molecule has 44 heavy (non-hydrogen) atoms. The predicted molar refractivity (Wildman–Crippen MR) is 161 cm³/mol. The third kappa shape index (κ3) is 4.98. The Bertz CT molecular complexity index is 1640. The zero-order chi connectivity index (χ0) is 30.7. The number of benzene rings is 2. The fourth-order valence-electron chi connectivity index (χ4n) is 7.77. The maximum absolute atomic E-state index is 14.5. The largest absolute Gasteiger partial charge is 0.341 e. The zero-order valence-corrected chi connectivity index (χ0v) is 25.2. The number of nitrogens with zero attached hydrogens (tertiary/aromatic N) is 5. The van der Waals surface area contributed by atoms with Crippen molar-refractivity contribution in [2.24, 2.45) is 7.05 Å². The van der Waals surface area contributed by atoms with Crippen LogP contribution in [-0.2, 0) is 40.9 Å². The quantitative estimate of drug-likeness (QED) is 0.328. The average molecular weight is 602 g/mol. The number of aromatic nitrogens is 2. The highest BCUT2D eigenvalue weighted by Gasteiger charge is 2.38. The topological polar surface area (TPSA) is 78.8 Å². The van der Waals surface area contributed by atoms with Crippen LogP contribution in [-0.4, -0.2) is 49.9 Å². The normalized spacial score (nSPS) is 21.8. The number of hydrogen-bond acceptors (Lipinski definition) is 5. The third-order valence-electron chi connectivity index (χ3n) is 10.0. The summed E-state index contributed by atoms with van der Waals surface area (Å²) in [7, 11) is 1.78. The van der Waals surface area contributed by atoms with Gasteiger partial charge in [-0.3, -0.25) is 24.0 Å². The lowest BCUT2D eigenvalue weighted by Crippen LogP contribution is -2.41. The summed E-state index contributed by atoms with van der Waals surface area (Å²) in [6.45, 7) is 3.30. The molecule has 2 fully saturated rings. The number of carbonyl (C=O) groups is 3. The van der Waals surface area contributed by atoms with Gasteiger partial charge in [-0.15, -0.1) is 0 Å². The number of aryl methyl sites for hydroxylation is 2. The van der Waals surface area contributed by atoms with Crippen LogP contribution in [0.4, 0.5) is 20.2 Å². The number of alkyl halides is 2. The van der Waals surface area contributed by atoms with Crippen LogP contribution in [0.2, 0.25) is 0 Å². The van der Waals surface area contributed by atoms with Gasteiger partial charge in [-0.1, -0.05) is 6.07 Å². The zero-order valence-electron chi connectivity index (χ0n) is 25.2. The Hall–Kier alpha value is -4.08. The molecule has 0 bridgehead atoms. The first-order valence-corrected chi connectivity index (χ1v) is 15.7. The van der Waals surface area contributed by atoms with E-state index in [-0.39, 0.29) is 35.2 Å². The molecule has 0 N–H and O–H groups in total. The molecular formula is C34H37F2N5O3. The minimum Gasteiger partial charge on any atom is -0.341 e. The summed E-state index contributed by atoms with van der Waals surface area (Å²) in [6.07, 6.45) is 6.32. The van der Waals surface area contributed by atoms with Crippen LogP contribution in [0.1, 0.15) is 92.0 Å². The highest BCUT2D eigenvalue weighted by atomic mass is 19.3. The molecule has 3 aliphatic heterocycles. The van der Waals surface area contributed by atoms with Crippen molar-refractivity contribution in [3.05, 3.63) is 64.5 Å². The summed E-state index contributed by atoms with van der Waals surface area (Å²) in [5, 5.41) is 4.21. The van der Waals surface area contributed by atoms with Crippen molar-refractivity contribution in [2.75, 3.05) is 11.4 Å². The molecule has 2 aromatic carbocycles. The third-order valence-corrected chi connectivity index (χ3v) is 10.0. The summed E-state index contributed by atoms with van der Waals surface area (Å²) in [5.41, 5.74) is 7.36. The summed E-state index contributed by atoms with van der Waals surface area (Å²) in [5.74, 6) is 0.153. The van der Waals surface area contributed by atoms with Crippen molar-refractivity contribution in [2.45, 2.75) is 89.8 Å². The number of halogens is 2. The van der Waals surface area contributed by atoms with E-state index in [1.165, 1.54) is 10.5 Å². The van der Waals surface area contributed by atoms with E-state index in [4.69, 9.17) is 0 Å². The van der Waals surface area contributed by atoms with Gasteiger partial charge in [-0.25, -0.2) is 8.78 Å². The standard InChI is InChI=1S/C34H37F2N5O3/c1-20(42)39-18-24-12-23(21-5-7-26(8-6-21)41-32(43)9-10-33(41)44)14-31(29(24)19-39)40-11-3-4-22-13-27(25-16-37-38(2)17-25)28(34(35)36)15-30(22)40/h12-17,21,26,34H,3-11,18-19H2,1-2H3. The Morgan fingerprint density at radius 2 is 1.68 bits per heavy atom. The van der Waals surface area contributed by atoms with Crippen LogP contribution in [0.15, 0.2) is 36.7 Å². The van der Waals surface area contributed by atoms with Crippen LogP contribution in [0.3, 0.4) is 0 Å². The summed E-state index contributed by atoms with van der Waals surface area (Å²) in [6, 6.07) is 7.97. The number of fused-ring (bicyclic) bond motifs is 2. The minimum absolute atomic E-state index is 0.00820. The van der Waals surface area contributed by atoms with Gasteiger partial charge in [-0.05, 0) is 84.9 Å². The lowest BCUT2D eigenvalue weighted by Gasteiger charge is -2.36. The maximum atomic E-state index is 14.5. The number of imide groups is 1. The Labute approximate surface area is 255 Å². The van der Waals surface area contributed by atoms with E-state index in [1.807, 2.05) is 11.0 Å². The van der Waals surface area contributed by atoms with Crippen molar-refractivity contribution in [1.82, 2.24) is 19.6 Å². The van der Waals surface area contributed by atoms with Crippen LogP contribution in [0.25, 0.3) is 11.1 Å². The lowest BCUT2D eigenvalue weighted by atomic mass is 9.80. The molecule has 230 valence electrons. The Balaban J connectivity index is 1.26. The van der Waals surface area contributed by atoms with Gasteiger partial charge in [0.25, 0.3) is 6.43 Å². The SMILES string of the molecule is CC(=O)N1Cc2cc(C3CCC(N4C(=O)CCC4=O)CC3)cc(N3CCCc4cc(-c5cnn(C)c5)c(C(F)F)cc43)c2C1. The van der Waals surface area contributed by atoms with Gasteiger partial charge in [0, 0.05) is 86.8 Å². The molecule has 3 amide bonds. The maximum Gasteiger partial charge on any atom is 0.264 e. The number of amides is 3. The lowest BCUT2D eigenvalue weighted by molar-refractivity contribution is -0.142. The first-order chi connectivity index (χ1) is 21.2. The van der Waals surface area contributed by atoms with Crippen molar-refractivity contribution >= 4 is 29.1 Å². The van der Waals surface area contributed by atoms with Gasteiger partial charge in [0.15, 0.2) is 0 Å². The summed E-state index contributed by atoms with van der Waals surface area (Å²) >= 11 is 0. The molecule has 4 aliphatic rings. The van der Waals surface area contributed by atoms with E-state index in [9.17, 15) is 23.2 Å². The number of carbonyl (C=O) groups excluding carboxylic acids is 3. The van der Waals surface area contributed by atoms with Gasteiger partial charge in [-0.2, -0.15) is 5.10 Å². The van der Waals surface area contributed by atoms with E-state index in [0.29, 0.717) is 43.6 Å². The molecule has 7 rings (SSSR count). The van der Waals surface area contributed by atoms with E-state index in [0.717, 1.165) is 66.6 Å². The fraction of sp³-hybridized carbons (Fsp3) is 0.471. The molecule has 1 saturated carbocycles. The van der Waals surface area contributed by atoms with Crippen LogP contribution in [0.5, 0.6) is 0 Å². The molecule has 1 aliphatic carbocycles. The van der Waals surface area contributed by atoms with Crippen LogP contribution >= 0.6 is 0 Å². The molecule has 0 radical (unpaired) electrons. The summed E-state index contributed by atoms with van der Waals surface area (Å²) < 4.78 is 30.7. The number of rotatable bonds is 5. The minimum atomic E-state index is -2.64. The van der Waals surface area contributed by atoms with E-state index in [1.54, 1.807) is 37.1 Å². The van der Waals surface area contributed by atoms with Gasteiger partial charge in [0.1, 0.15) is 0 Å². The molecule has 1 aromatic heterocycles. The highest BCUT2D eigenvalue weighted by molar-refractivity contribution is 6.02. The molecule has 4 heterocycles. The Kier molecular flexibility index (Phi) is 7.25. The second-order valence-corrected chi connectivity index (χ2v) is 12.7. The molecular weight excluding hydrogens is 564 g/mol. The molecule has 3 aromatic rings. The van der Waals surface area contributed by atoms with Crippen molar-refractivity contribution < 1.29 is 23.2 Å². The molecule has 0 unspecified atom stereocenters. The van der Waals surface area contributed by atoms with Gasteiger partial charge >= 0.3 is 0 Å². The second-order valence-electron chi connectivity index (χ2n) is 12.7. The number of hydrogen-bond donors (Lipinski definition) is 0. The highest BCUT2D eigenvalue weighted by Crippen LogP contribution is 2.46. The van der Waals surface area contributed by atoms with Gasteiger partial charge < -0.3 is 9.80 Å². The van der Waals surface area contributed by atoms with Crippen LogP contribution in [0, 0.1) is 0 Å². The first-order valence-electron chi connectivity index (χ1n) is 15.7. The molecule has 0 spiro atoms. The van der Waals surface area contributed by atoms with Crippen molar-refractivity contribution in [3.63, 3.8) is 0 Å². The predicted octanol–water partition coefficient (Wildman–Crippen LogP) is 6.15. The Morgan fingerprint density at radius 1 is 0.932 bits per heavy atom. The smallest absolute Gasteiger partial charge is 0.264 e. The van der Waals surface area contributed by atoms with E-state index < -0.39 is 6.43 Å². The monoisotopic (exact) mass is 601 g/mol. The van der Waals surface area contributed by atoms with E-state index >= 15 is 0 Å². The van der Waals surface area contributed by atoms with E-state index in [2.05, 4.69) is 22.1 Å². The fourth-order valence-corrected chi connectivity index (χ4v) is 7.77. The van der Waals surface area contributed by atoms with Crippen molar-refractivity contribution in [3.8, 4) is 11.1 Å². The van der Waals surface area contributed by atoms with Crippen molar-refractivity contribution in [1.29, 1.82) is 0 Å². The molecule has 8 nitrogen and oxygen atoms in total. The molecule has 0 atom stereocenters.